The number of urea groups is 1. The number of hydrogen-bond acceptors (Lipinski definition) is 2. The van der Waals surface area contributed by atoms with Gasteiger partial charge in [-0.25, -0.2) is 9.80 Å². The highest BCUT2D eigenvalue weighted by atomic mass is 35.5. The Morgan fingerprint density at radius 2 is 1.73 bits per heavy atom. The molecule has 0 aliphatic heterocycles. The van der Waals surface area contributed by atoms with Gasteiger partial charge in [0.25, 0.3) is 5.91 Å². The molecule has 178 valence electrons. The summed E-state index contributed by atoms with van der Waals surface area (Å²) in [6.07, 6.45) is -2.33. The Kier molecular flexibility index (Phi) is 9.05. The predicted molar refractivity (Wildman–Crippen MR) is 125 cm³/mol. The summed E-state index contributed by atoms with van der Waals surface area (Å²) >= 11 is 17.6. The van der Waals surface area contributed by atoms with E-state index in [0.717, 1.165) is 23.2 Å². The van der Waals surface area contributed by atoms with Gasteiger partial charge >= 0.3 is 12.2 Å². The molecule has 0 saturated heterocycles. The minimum Gasteiger partial charge on any atom is -0.337 e. The van der Waals surface area contributed by atoms with Crippen molar-refractivity contribution in [2.75, 3.05) is 13.6 Å². The molecule has 1 atom stereocenters. The molecule has 2 aromatic rings. The maximum absolute atomic E-state index is 13.7. The van der Waals surface area contributed by atoms with Crippen molar-refractivity contribution < 1.29 is 22.8 Å². The maximum atomic E-state index is 13.7. The highest BCUT2D eigenvalue weighted by Crippen LogP contribution is 2.41. The third-order valence-electron chi connectivity index (χ3n) is 4.60. The molecule has 0 fully saturated rings. The molecule has 0 aliphatic rings. The van der Waals surface area contributed by atoms with Crippen LogP contribution in [-0.4, -0.2) is 36.7 Å². The molecule has 3 amide bonds. The van der Waals surface area contributed by atoms with Crippen molar-refractivity contribution in [1.29, 1.82) is 0 Å². The first kappa shape index (κ1) is 26.8. The molecule has 0 spiro atoms. The minimum atomic E-state index is -4.60. The van der Waals surface area contributed by atoms with Gasteiger partial charge in [0.1, 0.15) is 0 Å². The van der Waals surface area contributed by atoms with Crippen molar-refractivity contribution in [3.8, 4) is 0 Å². The van der Waals surface area contributed by atoms with Crippen LogP contribution in [0.4, 0.5) is 18.0 Å². The SMILES string of the molecule is CCNC(=O)N(C)NC(=O)c1ccc(C=CC(c2cc(Cl)c(Cl)c(Cl)c2)C(F)(F)F)cc1C. The smallest absolute Gasteiger partial charge is 0.337 e. The van der Waals surface area contributed by atoms with Crippen molar-refractivity contribution in [1.82, 2.24) is 15.8 Å². The predicted octanol–water partition coefficient (Wildman–Crippen LogP) is 6.62. The molecule has 33 heavy (non-hydrogen) atoms. The summed E-state index contributed by atoms with van der Waals surface area (Å²) in [6.45, 7) is 3.77. The molecule has 0 heterocycles. The van der Waals surface area contributed by atoms with E-state index in [2.05, 4.69) is 10.7 Å². The number of hydrazine groups is 1. The van der Waals surface area contributed by atoms with E-state index in [9.17, 15) is 22.8 Å². The fourth-order valence-corrected chi connectivity index (χ4v) is 3.56. The van der Waals surface area contributed by atoms with E-state index in [4.69, 9.17) is 34.8 Å². The Balaban J connectivity index is 2.27. The number of allylic oxidation sites excluding steroid dienone is 1. The molecule has 0 saturated carbocycles. The molecular weight excluding hydrogens is 502 g/mol. The van der Waals surface area contributed by atoms with E-state index < -0.39 is 24.0 Å². The van der Waals surface area contributed by atoms with Crippen LogP contribution in [0.2, 0.25) is 15.1 Å². The number of aryl methyl sites for hydroxylation is 1. The first-order chi connectivity index (χ1) is 15.3. The summed E-state index contributed by atoms with van der Waals surface area (Å²) in [5.41, 5.74) is 3.50. The van der Waals surface area contributed by atoms with E-state index in [1.807, 2.05) is 0 Å². The number of hydrogen-bond donors (Lipinski definition) is 2. The summed E-state index contributed by atoms with van der Waals surface area (Å²) in [5, 5.41) is 3.37. The average molecular weight is 523 g/mol. The number of benzene rings is 2. The fourth-order valence-electron chi connectivity index (χ4n) is 2.95. The molecule has 2 rings (SSSR count). The Hall–Kier alpha value is -2.42. The van der Waals surface area contributed by atoms with Crippen LogP contribution >= 0.6 is 34.8 Å². The van der Waals surface area contributed by atoms with Gasteiger partial charge in [-0.15, -0.1) is 0 Å². The van der Waals surface area contributed by atoms with Crippen LogP contribution < -0.4 is 10.7 Å². The summed E-state index contributed by atoms with van der Waals surface area (Å²) in [6, 6.07) is 6.30. The third kappa shape index (κ3) is 7.03. The lowest BCUT2D eigenvalue weighted by Crippen LogP contribution is -2.48. The molecule has 11 heteroatoms. The number of alkyl halides is 3. The highest BCUT2D eigenvalue weighted by Gasteiger charge is 2.39. The lowest BCUT2D eigenvalue weighted by atomic mass is 9.96. The third-order valence-corrected chi connectivity index (χ3v) is 5.79. The Morgan fingerprint density at radius 1 is 1.12 bits per heavy atom. The van der Waals surface area contributed by atoms with Crippen LogP contribution in [0, 0.1) is 6.92 Å². The van der Waals surface area contributed by atoms with Crippen LogP contribution in [0.1, 0.15) is 39.9 Å². The van der Waals surface area contributed by atoms with Gasteiger partial charge in [0.05, 0.1) is 21.0 Å². The number of halogens is 6. The number of carbonyl (C=O) groups excluding carboxylic acids is 2. The summed E-state index contributed by atoms with van der Waals surface area (Å²) in [7, 11) is 1.39. The van der Waals surface area contributed by atoms with E-state index in [0.29, 0.717) is 17.7 Å². The van der Waals surface area contributed by atoms with Crippen LogP contribution in [-0.2, 0) is 0 Å². The van der Waals surface area contributed by atoms with Gasteiger partial charge in [0, 0.05) is 19.2 Å². The molecule has 0 aliphatic carbocycles. The van der Waals surface area contributed by atoms with E-state index in [1.54, 1.807) is 19.9 Å². The van der Waals surface area contributed by atoms with E-state index in [1.165, 1.54) is 25.3 Å². The zero-order valence-corrected chi connectivity index (χ0v) is 20.1. The zero-order chi connectivity index (χ0) is 24.9. The Bertz CT molecular complexity index is 1050. The van der Waals surface area contributed by atoms with E-state index in [-0.39, 0.29) is 26.2 Å². The summed E-state index contributed by atoms with van der Waals surface area (Å²) in [4.78, 5) is 24.2. The Labute approximate surface area is 204 Å². The molecule has 0 bridgehead atoms. The lowest BCUT2D eigenvalue weighted by Gasteiger charge is -2.19. The van der Waals surface area contributed by atoms with Gasteiger partial charge in [-0.3, -0.25) is 10.2 Å². The van der Waals surface area contributed by atoms with Gasteiger partial charge in [-0.2, -0.15) is 13.2 Å². The quantitative estimate of drug-likeness (QED) is 0.342. The molecule has 2 aromatic carbocycles. The van der Waals surface area contributed by atoms with Gasteiger partial charge in [0.2, 0.25) is 0 Å². The van der Waals surface area contributed by atoms with Crippen LogP contribution in [0.3, 0.4) is 0 Å². The molecule has 2 N–H and O–H groups in total. The summed E-state index contributed by atoms with van der Waals surface area (Å²) in [5.74, 6) is -2.51. The highest BCUT2D eigenvalue weighted by molar-refractivity contribution is 6.48. The second-order valence-electron chi connectivity index (χ2n) is 7.09. The monoisotopic (exact) mass is 521 g/mol. The number of rotatable bonds is 5. The maximum Gasteiger partial charge on any atom is 0.399 e. The van der Waals surface area contributed by atoms with Crippen LogP contribution in [0.25, 0.3) is 6.08 Å². The standard InChI is InChI=1S/C22H21Cl3F3N3O2/c1-4-29-21(33)31(3)30-20(32)15-7-5-13(9-12(15)2)6-8-16(22(26,27)28)14-10-17(23)19(25)18(24)11-14/h5-11,16H,4H2,1-3H3,(H,29,33)(H,30,32). The summed E-state index contributed by atoms with van der Waals surface area (Å²) < 4.78 is 41.1. The number of amides is 3. The second-order valence-corrected chi connectivity index (χ2v) is 8.28. The normalized spacial score (nSPS) is 12.5. The second kappa shape index (κ2) is 11.1. The van der Waals surface area contributed by atoms with Gasteiger partial charge in [-0.1, -0.05) is 59.1 Å². The fraction of sp³-hybridized carbons (Fsp3) is 0.273. The molecule has 5 nitrogen and oxygen atoms in total. The van der Waals surface area contributed by atoms with Gasteiger partial charge in [0.15, 0.2) is 0 Å². The van der Waals surface area contributed by atoms with Crippen molar-refractivity contribution in [2.45, 2.75) is 25.9 Å². The molecule has 0 radical (unpaired) electrons. The van der Waals surface area contributed by atoms with Crippen LogP contribution in [0.5, 0.6) is 0 Å². The lowest BCUT2D eigenvalue weighted by molar-refractivity contribution is -0.139. The molecule has 1 unspecified atom stereocenters. The first-order valence-corrected chi connectivity index (χ1v) is 10.8. The van der Waals surface area contributed by atoms with Crippen molar-refractivity contribution >= 4 is 52.8 Å². The largest absolute Gasteiger partial charge is 0.399 e. The van der Waals surface area contributed by atoms with Crippen LogP contribution in [0.15, 0.2) is 36.4 Å². The first-order valence-electron chi connectivity index (χ1n) is 9.67. The minimum absolute atomic E-state index is 0.0192. The zero-order valence-electron chi connectivity index (χ0n) is 17.9. The molecular formula is C22H21Cl3F3N3O2. The van der Waals surface area contributed by atoms with Crippen molar-refractivity contribution in [2.24, 2.45) is 0 Å². The van der Waals surface area contributed by atoms with Crippen molar-refractivity contribution in [3.05, 3.63) is 73.7 Å². The van der Waals surface area contributed by atoms with Crippen molar-refractivity contribution in [3.63, 3.8) is 0 Å². The number of carbonyl (C=O) groups is 2. The van der Waals surface area contributed by atoms with Gasteiger partial charge < -0.3 is 5.32 Å². The number of nitrogens with one attached hydrogen (secondary N) is 2. The van der Waals surface area contributed by atoms with Gasteiger partial charge in [-0.05, 0) is 48.7 Å². The Morgan fingerprint density at radius 3 is 2.24 bits per heavy atom. The van der Waals surface area contributed by atoms with E-state index >= 15 is 0 Å². The number of nitrogens with zero attached hydrogens (tertiary/aromatic N) is 1. The topological polar surface area (TPSA) is 61.4 Å². The molecule has 0 aromatic heterocycles. The average Bonchev–Trinajstić information content (AvgIpc) is 2.71.